The minimum absolute atomic E-state index is 0.288. The fraction of sp³-hybridized carbons (Fsp3) is 0.267. The summed E-state index contributed by atoms with van der Waals surface area (Å²) in [4.78, 5) is 14.2. The van der Waals surface area contributed by atoms with Gasteiger partial charge in [0.2, 0.25) is 0 Å². The molecule has 1 aromatic carbocycles. The first-order valence-electron chi connectivity index (χ1n) is 6.13. The van der Waals surface area contributed by atoms with E-state index in [4.69, 9.17) is 4.74 Å². The zero-order chi connectivity index (χ0) is 13.7. The highest BCUT2D eigenvalue weighted by molar-refractivity contribution is 7.11. The zero-order valence-corrected chi connectivity index (χ0v) is 11.9. The summed E-state index contributed by atoms with van der Waals surface area (Å²) >= 11 is 1.78. The summed E-state index contributed by atoms with van der Waals surface area (Å²) in [7, 11) is 1.40. The number of aryl methyl sites for hydroxylation is 1. The van der Waals surface area contributed by atoms with Gasteiger partial charge in [-0.3, -0.25) is 0 Å². The third-order valence-corrected chi connectivity index (χ3v) is 3.83. The molecule has 0 aliphatic carbocycles. The van der Waals surface area contributed by atoms with Gasteiger partial charge in [0.05, 0.1) is 12.7 Å². The molecule has 2 aromatic rings. The maximum atomic E-state index is 11.6. The Bertz CT molecular complexity index is 563. The molecular formula is C15H17NO2S. The van der Waals surface area contributed by atoms with Gasteiger partial charge in [-0.05, 0) is 30.7 Å². The second-order valence-electron chi connectivity index (χ2n) is 4.26. The van der Waals surface area contributed by atoms with Crippen molar-refractivity contribution in [3.8, 4) is 0 Å². The number of nitrogens with one attached hydrogen (secondary N) is 1. The molecule has 0 aliphatic heterocycles. The van der Waals surface area contributed by atoms with Crippen LogP contribution in [0.25, 0.3) is 0 Å². The summed E-state index contributed by atoms with van der Waals surface area (Å²) in [5, 5.41) is 3.35. The molecule has 0 amide bonds. The van der Waals surface area contributed by atoms with Crippen LogP contribution in [0.5, 0.6) is 0 Å². The standard InChI is InChI=1S/C15H17NO2S/c1-11-7-8-13(19-11)10-16-9-12-5-3-4-6-14(12)15(17)18-2/h3-8,16H,9-10H2,1-2H3. The second-order valence-corrected chi connectivity index (χ2v) is 5.64. The number of methoxy groups -OCH3 is 1. The van der Waals surface area contributed by atoms with Crippen LogP contribution >= 0.6 is 11.3 Å². The Hall–Kier alpha value is -1.65. The van der Waals surface area contributed by atoms with Crippen molar-refractivity contribution in [3.05, 3.63) is 57.3 Å². The van der Waals surface area contributed by atoms with E-state index in [-0.39, 0.29) is 5.97 Å². The lowest BCUT2D eigenvalue weighted by Crippen LogP contribution is -2.15. The maximum absolute atomic E-state index is 11.6. The van der Waals surface area contributed by atoms with Crippen LogP contribution in [0.1, 0.15) is 25.7 Å². The van der Waals surface area contributed by atoms with Crippen LogP contribution < -0.4 is 5.32 Å². The fourth-order valence-corrected chi connectivity index (χ4v) is 2.74. The summed E-state index contributed by atoms with van der Waals surface area (Å²) in [6, 6.07) is 11.7. The molecule has 1 aromatic heterocycles. The molecule has 1 N–H and O–H groups in total. The first kappa shape index (κ1) is 13.8. The van der Waals surface area contributed by atoms with Gasteiger partial charge in [-0.2, -0.15) is 0 Å². The molecule has 0 atom stereocenters. The van der Waals surface area contributed by atoms with Crippen LogP contribution in [0.4, 0.5) is 0 Å². The van der Waals surface area contributed by atoms with Crippen LogP contribution in [0.15, 0.2) is 36.4 Å². The highest BCUT2D eigenvalue weighted by Crippen LogP contribution is 2.15. The lowest BCUT2D eigenvalue weighted by molar-refractivity contribution is 0.0599. The SMILES string of the molecule is COC(=O)c1ccccc1CNCc1ccc(C)s1. The molecule has 0 unspecified atom stereocenters. The van der Waals surface area contributed by atoms with E-state index in [1.807, 2.05) is 18.2 Å². The van der Waals surface area contributed by atoms with Gasteiger partial charge in [0.25, 0.3) is 0 Å². The van der Waals surface area contributed by atoms with Crippen molar-refractivity contribution < 1.29 is 9.53 Å². The number of carbonyl (C=O) groups excluding carboxylic acids is 1. The monoisotopic (exact) mass is 275 g/mol. The Labute approximate surface area is 117 Å². The fourth-order valence-electron chi connectivity index (χ4n) is 1.88. The molecular weight excluding hydrogens is 258 g/mol. The van der Waals surface area contributed by atoms with Crippen molar-refractivity contribution in [2.24, 2.45) is 0 Å². The number of carbonyl (C=O) groups is 1. The normalized spacial score (nSPS) is 10.4. The highest BCUT2D eigenvalue weighted by Gasteiger charge is 2.10. The molecule has 0 saturated carbocycles. The number of hydrogen-bond acceptors (Lipinski definition) is 4. The number of ether oxygens (including phenoxy) is 1. The van der Waals surface area contributed by atoms with Crippen molar-refractivity contribution in [1.29, 1.82) is 0 Å². The van der Waals surface area contributed by atoms with Crippen molar-refractivity contribution in [3.63, 3.8) is 0 Å². The van der Waals surface area contributed by atoms with Gasteiger partial charge in [0, 0.05) is 22.8 Å². The van der Waals surface area contributed by atoms with Gasteiger partial charge in [-0.25, -0.2) is 4.79 Å². The predicted molar refractivity (Wildman–Crippen MR) is 77.4 cm³/mol. The Morgan fingerprint density at radius 1 is 1.21 bits per heavy atom. The summed E-state index contributed by atoms with van der Waals surface area (Å²) in [5.41, 5.74) is 1.59. The predicted octanol–water partition coefficient (Wildman–Crippen LogP) is 3.13. The Balaban J connectivity index is 1.97. The van der Waals surface area contributed by atoms with Crippen LogP contribution in [0.3, 0.4) is 0 Å². The molecule has 0 radical (unpaired) electrons. The van der Waals surface area contributed by atoms with Crippen LogP contribution in [0, 0.1) is 6.92 Å². The van der Waals surface area contributed by atoms with Crippen LogP contribution in [-0.4, -0.2) is 13.1 Å². The van der Waals surface area contributed by atoms with Gasteiger partial charge in [0.15, 0.2) is 0 Å². The molecule has 2 rings (SSSR count). The summed E-state index contributed by atoms with van der Waals surface area (Å²) < 4.78 is 4.78. The minimum atomic E-state index is -0.288. The van der Waals surface area contributed by atoms with Crippen molar-refractivity contribution in [2.45, 2.75) is 20.0 Å². The van der Waals surface area contributed by atoms with Gasteiger partial charge in [-0.15, -0.1) is 11.3 Å². The van der Waals surface area contributed by atoms with Gasteiger partial charge in [-0.1, -0.05) is 18.2 Å². The Morgan fingerprint density at radius 2 is 2.00 bits per heavy atom. The van der Waals surface area contributed by atoms with Gasteiger partial charge < -0.3 is 10.1 Å². The first-order valence-corrected chi connectivity index (χ1v) is 6.94. The largest absolute Gasteiger partial charge is 0.465 e. The number of rotatable bonds is 5. The summed E-state index contributed by atoms with van der Waals surface area (Å²) in [6.45, 7) is 3.57. The van der Waals surface area contributed by atoms with Crippen LogP contribution in [0.2, 0.25) is 0 Å². The van der Waals surface area contributed by atoms with E-state index < -0.39 is 0 Å². The van der Waals surface area contributed by atoms with E-state index in [9.17, 15) is 4.79 Å². The molecule has 3 nitrogen and oxygen atoms in total. The highest BCUT2D eigenvalue weighted by atomic mass is 32.1. The van der Waals surface area contributed by atoms with E-state index in [2.05, 4.69) is 24.4 Å². The van der Waals surface area contributed by atoms with Gasteiger partial charge >= 0.3 is 5.97 Å². The average Bonchev–Trinajstić information content (AvgIpc) is 2.84. The molecule has 0 aliphatic rings. The Kier molecular flexibility index (Phi) is 4.71. The van der Waals surface area contributed by atoms with Crippen LogP contribution in [-0.2, 0) is 17.8 Å². The van der Waals surface area contributed by atoms with Crippen molar-refractivity contribution in [1.82, 2.24) is 5.32 Å². The molecule has 0 saturated heterocycles. The van der Waals surface area contributed by atoms with E-state index in [1.165, 1.54) is 16.9 Å². The first-order chi connectivity index (χ1) is 9.20. The van der Waals surface area contributed by atoms with Crippen molar-refractivity contribution >= 4 is 17.3 Å². The molecule has 4 heteroatoms. The minimum Gasteiger partial charge on any atom is -0.465 e. The maximum Gasteiger partial charge on any atom is 0.338 e. The number of esters is 1. The van der Waals surface area contributed by atoms with Gasteiger partial charge in [0.1, 0.15) is 0 Å². The molecule has 100 valence electrons. The average molecular weight is 275 g/mol. The van der Waals surface area contributed by atoms with E-state index in [0.29, 0.717) is 12.1 Å². The lowest BCUT2D eigenvalue weighted by Gasteiger charge is -2.08. The Morgan fingerprint density at radius 3 is 2.68 bits per heavy atom. The topological polar surface area (TPSA) is 38.3 Å². The quantitative estimate of drug-likeness (QED) is 0.852. The number of benzene rings is 1. The third-order valence-electron chi connectivity index (χ3n) is 2.83. The van der Waals surface area contributed by atoms with E-state index in [0.717, 1.165) is 12.1 Å². The second kappa shape index (κ2) is 6.50. The van der Waals surface area contributed by atoms with Crippen molar-refractivity contribution in [2.75, 3.05) is 7.11 Å². The zero-order valence-electron chi connectivity index (χ0n) is 11.1. The third kappa shape index (κ3) is 3.66. The molecule has 0 bridgehead atoms. The molecule has 0 spiro atoms. The lowest BCUT2D eigenvalue weighted by atomic mass is 10.1. The molecule has 19 heavy (non-hydrogen) atoms. The number of thiophene rings is 1. The molecule has 1 heterocycles. The smallest absolute Gasteiger partial charge is 0.338 e. The summed E-state index contributed by atoms with van der Waals surface area (Å²) in [5.74, 6) is -0.288. The van der Waals surface area contributed by atoms with E-state index in [1.54, 1.807) is 17.4 Å². The van der Waals surface area contributed by atoms with E-state index >= 15 is 0 Å². The summed E-state index contributed by atoms with van der Waals surface area (Å²) in [6.07, 6.45) is 0. The molecule has 0 fully saturated rings. The number of hydrogen-bond donors (Lipinski definition) is 1.